The van der Waals surface area contributed by atoms with E-state index < -0.39 is 6.10 Å². The summed E-state index contributed by atoms with van der Waals surface area (Å²) in [4.78, 5) is 0. The molecule has 3 aromatic rings. The third-order valence-corrected chi connectivity index (χ3v) is 4.01. The second kappa shape index (κ2) is 7.73. The minimum Gasteiger partial charge on any atom is -0.504 e. The van der Waals surface area contributed by atoms with Crippen molar-refractivity contribution in [3.05, 3.63) is 90.0 Å². The molecular formula is C21H20O4. The zero-order chi connectivity index (χ0) is 17.6. The van der Waals surface area contributed by atoms with Gasteiger partial charge in [-0.25, -0.2) is 0 Å². The van der Waals surface area contributed by atoms with Crippen LogP contribution in [-0.4, -0.2) is 21.4 Å². The molecule has 0 bridgehead atoms. The summed E-state index contributed by atoms with van der Waals surface area (Å²) >= 11 is 0. The van der Waals surface area contributed by atoms with Crippen LogP contribution >= 0.6 is 0 Å². The van der Waals surface area contributed by atoms with Crippen molar-refractivity contribution < 1.29 is 20.1 Å². The van der Waals surface area contributed by atoms with Crippen LogP contribution in [0.3, 0.4) is 0 Å². The van der Waals surface area contributed by atoms with Crippen LogP contribution in [0.5, 0.6) is 17.2 Å². The topological polar surface area (TPSA) is 69.9 Å². The Labute approximate surface area is 146 Å². The molecule has 0 aromatic heterocycles. The molecule has 4 nitrogen and oxygen atoms in total. The van der Waals surface area contributed by atoms with Crippen LogP contribution in [0.25, 0.3) is 0 Å². The highest BCUT2D eigenvalue weighted by atomic mass is 16.5. The maximum atomic E-state index is 10.1. The van der Waals surface area contributed by atoms with Crippen LogP contribution in [0.4, 0.5) is 0 Å². The Morgan fingerprint density at radius 2 is 1.28 bits per heavy atom. The van der Waals surface area contributed by atoms with Crippen molar-refractivity contribution in [1.82, 2.24) is 0 Å². The van der Waals surface area contributed by atoms with Gasteiger partial charge in [-0.05, 0) is 29.3 Å². The van der Waals surface area contributed by atoms with Crippen molar-refractivity contribution >= 4 is 0 Å². The number of benzene rings is 3. The number of aromatic hydroxyl groups is 2. The summed E-state index contributed by atoms with van der Waals surface area (Å²) in [6, 6.07) is 23.9. The standard InChI is InChI=1S/C15H14O2.C6H6O2/c16-13-10-12-8-4-5-9-14(12)17-15(13)11-6-2-1-3-7-11;7-5-3-1-2-4-6(5)8/h1-9,13,15-16H,10H2;1-4,7-8H. The zero-order valence-electron chi connectivity index (χ0n) is 13.6. The van der Waals surface area contributed by atoms with Gasteiger partial charge in [0.25, 0.3) is 0 Å². The highest BCUT2D eigenvalue weighted by molar-refractivity contribution is 5.38. The van der Waals surface area contributed by atoms with Crippen LogP contribution in [0.15, 0.2) is 78.9 Å². The number of phenolic OH excluding ortho intramolecular Hbond substituents is 2. The van der Waals surface area contributed by atoms with Gasteiger partial charge in [0.05, 0.1) is 6.10 Å². The van der Waals surface area contributed by atoms with E-state index in [1.165, 1.54) is 12.1 Å². The zero-order valence-corrected chi connectivity index (χ0v) is 13.6. The first-order valence-electron chi connectivity index (χ1n) is 8.09. The summed E-state index contributed by atoms with van der Waals surface area (Å²) in [5, 5.41) is 27.5. The lowest BCUT2D eigenvalue weighted by molar-refractivity contribution is 0.0208. The molecule has 2 atom stereocenters. The lowest BCUT2D eigenvalue weighted by atomic mass is 9.95. The first-order valence-corrected chi connectivity index (χ1v) is 8.09. The van der Waals surface area contributed by atoms with Gasteiger partial charge in [0.1, 0.15) is 11.9 Å². The molecule has 0 spiro atoms. The summed E-state index contributed by atoms with van der Waals surface area (Å²) < 4.78 is 5.88. The maximum Gasteiger partial charge on any atom is 0.157 e. The van der Waals surface area contributed by atoms with Gasteiger partial charge in [-0.15, -0.1) is 0 Å². The van der Waals surface area contributed by atoms with Gasteiger partial charge in [0, 0.05) is 6.42 Å². The average Bonchev–Trinajstić information content (AvgIpc) is 2.65. The number of ether oxygens (including phenoxy) is 1. The number of aliphatic hydroxyl groups excluding tert-OH is 1. The first kappa shape index (κ1) is 16.9. The van der Waals surface area contributed by atoms with E-state index in [0.29, 0.717) is 6.42 Å². The van der Waals surface area contributed by atoms with Gasteiger partial charge in [0.2, 0.25) is 0 Å². The molecule has 4 rings (SSSR count). The van der Waals surface area contributed by atoms with Crippen molar-refractivity contribution in [2.75, 3.05) is 0 Å². The van der Waals surface area contributed by atoms with Crippen LogP contribution in [0.1, 0.15) is 17.2 Å². The molecule has 1 heterocycles. The normalized spacial score (nSPS) is 18.3. The largest absolute Gasteiger partial charge is 0.504 e. The molecule has 3 aromatic carbocycles. The van der Waals surface area contributed by atoms with Gasteiger partial charge in [-0.1, -0.05) is 60.7 Å². The molecule has 3 N–H and O–H groups in total. The molecule has 0 amide bonds. The molecule has 2 unspecified atom stereocenters. The molecule has 0 aliphatic carbocycles. The van der Waals surface area contributed by atoms with Crippen molar-refractivity contribution in [1.29, 1.82) is 0 Å². The minimum atomic E-state index is -0.479. The van der Waals surface area contributed by atoms with E-state index in [0.717, 1.165) is 16.9 Å². The number of rotatable bonds is 1. The quantitative estimate of drug-likeness (QED) is 0.591. The van der Waals surface area contributed by atoms with Crippen LogP contribution < -0.4 is 4.74 Å². The van der Waals surface area contributed by atoms with E-state index in [2.05, 4.69) is 0 Å². The van der Waals surface area contributed by atoms with Gasteiger partial charge < -0.3 is 20.1 Å². The third kappa shape index (κ3) is 4.11. The molecule has 25 heavy (non-hydrogen) atoms. The van der Waals surface area contributed by atoms with Gasteiger partial charge in [-0.2, -0.15) is 0 Å². The minimum absolute atomic E-state index is 0.0764. The van der Waals surface area contributed by atoms with E-state index in [-0.39, 0.29) is 17.6 Å². The van der Waals surface area contributed by atoms with E-state index in [1.54, 1.807) is 12.1 Å². The van der Waals surface area contributed by atoms with E-state index >= 15 is 0 Å². The Hall–Kier alpha value is -2.98. The van der Waals surface area contributed by atoms with Crippen LogP contribution in [-0.2, 0) is 6.42 Å². The second-order valence-electron chi connectivity index (χ2n) is 5.82. The molecule has 1 aliphatic heterocycles. The van der Waals surface area contributed by atoms with Crippen LogP contribution in [0.2, 0.25) is 0 Å². The molecule has 4 heteroatoms. The third-order valence-electron chi connectivity index (χ3n) is 4.01. The molecule has 0 saturated carbocycles. The van der Waals surface area contributed by atoms with Gasteiger partial charge in [0.15, 0.2) is 11.5 Å². The molecular weight excluding hydrogens is 316 g/mol. The van der Waals surface area contributed by atoms with E-state index in [1.807, 2.05) is 54.6 Å². The molecule has 0 saturated heterocycles. The predicted molar refractivity (Wildman–Crippen MR) is 95.7 cm³/mol. The fourth-order valence-electron chi connectivity index (χ4n) is 2.73. The fraction of sp³-hybridized carbons (Fsp3) is 0.143. The number of hydrogen-bond acceptors (Lipinski definition) is 4. The van der Waals surface area contributed by atoms with Crippen molar-refractivity contribution in [2.24, 2.45) is 0 Å². The molecule has 1 aliphatic rings. The average molecular weight is 336 g/mol. The molecule has 128 valence electrons. The lowest BCUT2D eigenvalue weighted by Crippen LogP contribution is -2.30. The van der Waals surface area contributed by atoms with Crippen molar-refractivity contribution in [3.63, 3.8) is 0 Å². The van der Waals surface area contributed by atoms with Gasteiger partial charge in [-0.3, -0.25) is 0 Å². The predicted octanol–water partition coefficient (Wildman–Crippen LogP) is 3.82. The Bertz CT molecular complexity index is 796. The number of aliphatic hydroxyl groups is 1. The monoisotopic (exact) mass is 336 g/mol. The number of hydrogen-bond donors (Lipinski definition) is 3. The lowest BCUT2D eigenvalue weighted by Gasteiger charge is -2.30. The first-order chi connectivity index (χ1) is 12.1. The van der Waals surface area contributed by atoms with Gasteiger partial charge >= 0.3 is 0 Å². The Morgan fingerprint density at radius 3 is 1.92 bits per heavy atom. The summed E-state index contributed by atoms with van der Waals surface area (Å²) in [5.41, 5.74) is 2.10. The summed E-state index contributed by atoms with van der Waals surface area (Å²) in [6.07, 6.45) is -0.0890. The van der Waals surface area contributed by atoms with Crippen molar-refractivity contribution in [2.45, 2.75) is 18.6 Å². The SMILES string of the molecule is OC1Cc2ccccc2OC1c1ccccc1.Oc1ccccc1O. The summed E-state index contributed by atoms with van der Waals surface area (Å²) in [7, 11) is 0. The number of fused-ring (bicyclic) bond motifs is 1. The summed E-state index contributed by atoms with van der Waals surface area (Å²) in [5.74, 6) is 0.728. The molecule has 0 radical (unpaired) electrons. The smallest absolute Gasteiger partial charge is 0.157 e. The maximum absolute atomic E-state index is 10.1. The van der Waals surface area contributed by atoms with Crippen LogP contribution in [0, 0.1) is 0 Å². The second-order valence-corrected chi connectivity index (χ2v) is 5.82. The Morgan fingerprint density at radius 1 is 0.720 bits per heavy atom. The Kier molecular flexibility index (Phi) is 5.21. The fourth-order valence-corrected chi connectivity index (χ4v) is 2.73. The number of phenols is 2. The summed E-state index contributed by atoms with van der Waals surface area (Å²) in [6.45, 7) is 0. The molecule has 0 fully saturated rings. The van der Waals surface area contributed by atoms with E-state index in [4.69, 9.17) is 14.9 Å². The number of para-hydroxylation sites is 3. The van der Waals surface area contributed by atoms with Crippen molar-refractivity contribution in [3.8, 4) is 17.2 Å². The Balaban J connectivity index is 0.000000192. The highest BCUT2D eigenvalue weighted by Crippen LogP contribution is 2.34. The van der Waals surface area contributed by atoms with E-state index in [9.17, 15) is 5.11 Å². The highest BCUT2D eigenvalue weighted by Gasteiger charge is 2.29.